The maximum atomic E-state index is 12.8. The van der Waals surface area contributed by atoms with Crippen LogP contribution in [0, 0.1) is 18.3 Å². The summed E-state index contributed by atoms with van der Waals surface area (Å²) in [6.45, 7) is 1.15. The van der Waals surface area contributed by atoms with Gasteiger partial charge in [-0.2, -0.15) is 9.94 Å². The number of tetrazole rings is 1. The normalized spacial score (nSPS) is 13.2. The molecule has 3 aromatic rings. The summed E-state index contributed by atoms with van der Waals surface area (Å²) in [7, 11) is 0. The van der Waals surface area contributed by atoms with Crippen LogP contribution in [0.25, 0.3) is 11.8 Å². The van der Waals surface area contributed by atoms with E-state index in [0.717, 1.165) is 41.7 Å². The number of aryl methyl sites for hydroxylation is 2. The van der Waals surface area contributed by atoms with Crippen LogP contribution < -0.4 is 5.32 Å². The number of nitrogens with one attached hydrogen (secondary N) is 1. The molecule has 162 valence electrons. The minimum absolute atomic E-state index is 0.0794. The van der Waals surface area contributed by atoms with Crippen molar-refractivity contribution >= 4 is 40.0 Å². The maximum Gasteiger partial charge on any atom is 0.357 e. The largest absolute Gasteiger partial charge is 0.451 e. The monoisotopic (exact) mass is 448 g/mol. The average Bonchev–Trinajstić information content (AvgIpc) is 3.39. The average molecular weight is 449 g/mol. The van der Waals surface area contributed by atoms with Gasteiger partial charge in [0.15, 0.2) is 18.1 Å². The fourth-order valence-corrected chi connectivity index (χ4v) is 4.76. The summed E-state index contributed by atoms with van der Waals surface area (Å²) in [5, 5.41) is 24.0. The first-order valence-corrected chi connectivity index (χ1v) is 10.9. The Hall–Kier alpha value is -3.84. The van der Waals surface area contributed by atoms with Crippen molar-refractivity contribution in [2.45, 2.75) is 32.6 Å². The van der Waals surface area contributed by atoms with Crippen molar-refractivity contribution < 1.29 is 14.3 Å². The van der Waals surface area contributed by atoms with Crippen LogP contribution >= 0.6 is 11.3 Å². The zero-order valence-electron chi connectivity index (χ0n) is 17.4. The van der Waals surface area contributed by atoms with Gasteiger partial charge in [-0.3, -0.25) is 4.79 Å². The molecular weight excluding hydrogens is 428 g/mol. The molecule has 32 heavy (non-hydrogen) atoms. The number of anilines is 1. The van der Waals surface area contributed by atoms with E-state index in [-0.39, 0.29) is 5.70 Å². The van der Waals surface area contributed by atoms with Gasteiger partial charge < -0.3 is 10.1 Å². The third kappa shape index (κ3) is 4.58. The number of benzene rings is 1. The van der Waals surface area contributed by atoms with Crippen LogP contribution in [0.3, 0.4) is 0 Å². The fraction of sp³-hybridized carbons (Fsp3) is 0.273. The maximum absolute atomic E-state index is 12.8. The highest BCUT2D eigenvalue weighted by Gasteiger charge is 2.23. The number of carbonyl (C=O) groups excluding carboxylic acids is 2. The molecule has 1 aliphatic carbocycles. The molecule has 0 atom stereocenters. The van der Waals surface area contributed by atoms with Gasteiger partial charge >= 0.3 is 5.97 Å². The molecule has 0 spiro atoms. The van der Waals surface area contributed by atoms with Crippen LogP contribution in [0.2, 0.25) is 0 Å². The van der Waals surface area contributed by atoms with E-state index >= 15 is 0 Å². The van der Waals surface area contributed by atoms with E-state index in [0.29, 0.717) is 16.4 Å². The molecule has 2 heterocycles. The van der Waals surface area contributed by atoms with Crippen LogP contribution in [-0.4, -0.2) is 38.7 Å². The molecule has 0 unspecified atom stereocenters. The van der Waals surface area contributed by atoms with Crippen LogP contribution in [0.1, 0.15) is 40.2 Å². The first-order chi connectivity index (χ1) is 15.6. The number of carbonyl (C=O) groups is 2. The van der Waals surface area contributed by atoms with E-state index in [4.69, 9.17) is 4.74 Å². The lowest BCUT2D eigenvalue weighted by Crippen LogP contribution is -2.23. The number of amides is 1. The van der Waals surface area contributed by atoms with Gasteiger partial charge in [0, 0.05) is 4.88 Å². The highest BCUT2D eigenvalue weighted by Crippen LogP contribution is 2.37. The highest BCUT2D eigenvalue weighted by molar-refractivity contribution is 7.16. The van der Waals surface area contributed by atoms with E-state index in [2.05, 4.69) is 26.9 Å². The predicted molar refractivity (Wildman–Crippen MR) is 118 cm³/mol. The first kappa shape index (κ1) is 21.4. The van der Waals surface area contributed by atoms with Gasteiger partial charge in [0.05, 0.1) is 5.56 Å². The quantitative estimate of drug-likeness (QED) is 0.454. The molecule has 0 saturated heterocycles. The summed E-state index contributed by atoms with van der Waals surface area (Å²) in [6, 6.07) is 11.4. The second-order valence-electron chi connectivity index (χ2n) is 7.23. The lowest BCUT2D eigenvalue weighted by molar-refractivity contribution is -0.141. The van der Waals surface area contributed by atoms with E-state index in [9.17, 15) is 14.9 Å². The van der Waals surface area contributed by atoms with Gasteiger partial charge in [-0.25, -0.2) is 4.79 Å². The molecule has 0 radical (unpaired) electrons. The van der Waals surface area contributed by atoms with Gasteiger partial charge in [0.2, 0.25) is 0 Å². The SMILES string of the molecule is Cc1nnnn1C(=Cc1ccccc1)C(=O)OCC(=O)Nc1sc2c(c1C#N)CCCC2. The zero-order chi connectivity index (χ0) is 22.5. The van der Waals surface area contributed by atoms with Crippen LogP contribution in [-0.2, 0) is 27.2 Å². The number of rotatable bonds is 6. The first-order valence-electron chi connectivity index (χ1n) is 10.1. The molecule has 2 aromatic heterocycles. The summed E-state index contributed by atoms with van der Waals surface area (Å²) in [4.78, 5) is 26.4. The van der Waals surface area contributed by atoms with Crippen molar-refractivity contribution in [2.24, 2.45) is 0 Å². The Labute approximate surface area is 188 Å². The fourth-order valence-electron chi connectivity index (χ4n) is 3.51. The number of hydrogen-bond donors (Lipinski definition) is 1. The van der Waals surface area contributed by atoms with Crippen LogP contribution in [0.5, 0.6) is 0 Å². The van der Waals surface area contributed by atoms with Crippen molar-refractivity contribution in [2.75, 3.05) is 11.9 Å². The Balaban J connectivity index is 1.47. The van der Waals surface area contributed by atoms with Crippen molar-refractivity contribution in [1.82, 2.24) is 20.2 Å². The number of nitrogens with zero attached hydrogens (tertiary/aromatic N) is 5. The Kier molecular flexibility index (Phi) is 6.37. The van der Waals surface area contributed by atoms with Gasteiger partial charge in [-0.15, -0.1) is 16.4 Å². The molecule has 1 N–H and O–H groups in total. The number of esters is 1. The second kappa shape index (κ2) is 9.53. The molecule has 1 aliphatic rings. The van der Waals surface area contributed by atoms with Gasteiger partial charge in [-0.1, -0.05) is 30.3 Å². The topological polar surface area (TPSA) is 123 Å². The minimum atomic E-state index is -0.745. The summed E-state index contributed by atoms with van der Waals surface area (Å²) in [6.07, 6.45) is 5.47. The Morgan fingerprint density at radius 2 is 2.06 bits per heavy atom. The number of aromatic nitrogens is 4. The summed E-state index contributed by atoms with van der Waals surface area (Å²) in [5.74, 6) is -0.859. The summed E-state index contributed by atoms with van der Waals surface area (Å²) in [5.41, 5.74) is 2.37. The van der Waals surface area contributed by atoms with Crippen LogP contribution in [0.15, 0.2) is 30.3 Å². The van der Waals surface area contributed by atoms with E-state index in [1.807, 2.05) is 30.3 Å². The second-order valence-corrected chi connectivity index (χ2v) is 8.33. The smallest absolute Gasteiger partial charge is 0.357 e. The lowest BCUT2D eigenvalue weighted by Gasteiger charge is -2.10. The Bertz CT molecular complexity index is 1220. The minimum Gasteiger partial charge on any atom is -0.451 e. The van der Waals surface area contributed by atoms with Crippen molar-refractivity contribution in [3.05, 3.63) is 57.7 Å². The molecule has 0 aliphatic heterocycles. The highest BCUT2D eigenvalue weighted by atomic mass is 32.1. The molecule has 1 aromatic carbocycles. The molecule has 9 nitrogen and oxygen atoms in total. The van der Waals surface area contributed by atoms with Crippen molar-refractivity contribution in [3.63, 3.8) is 0 Å². The standard InChI is InChI=1S/C22H20N6O3S/c1-14-25-26-27-28(14)18(11-15-7-3-2-4-8-15)22(30)31-13-20(29)24-21-17(12-23)16-9-5-6-10-19(16)32-21/h2-4,7-8,11H,5-6,9-10,13H2,1H3,(H,24,29). The van der Waals surface area contributed by atoms with Crippen LogP contribution in [0.4, 0.5) is 5.00 Å². The Morgan fingerprint density at radius 1 is 1.28 bits per heavy atom. The molecule has 4 rings (SSSR count). The summed E-state index contributed by atoms with van der Waals surface area (Å²) < 4.78 is 6.51. The van der Waals surface area contributed by atoms with Gasteiger partial charge in [0.25, 0.3) is 5.91 Å². The number of hydrogen-bond acceptors (Lipinski definition) is 8. The number of ether oxygens (including phenoxy) is 1. The van der Waals surface area contributed by atoms with Gasteiger partial charge in [0.1, 0.15) is 11.1 Å². The number of thiophene rings is 1. The molecule has 0 bridgehead atoms. The van der Waals surface area contributed by atoms with E-state index < -0.39 is 18.5 Å². The van der Waals surface area contributed by atoms with Crippen molar-refractivity contribution in [1.29, 1.82) is 5.26 Å². The Morgan fingerprint density at radius 3 is 2.78 bits per heavy atom. The lowest BCUT2D eigenvalue weighted by atomic mass is 9.96. The number of fused-ring (bicyclic) bond motifs is 1. The third-order valence-corrected chi connectivity index (χ3v) is 6.24. The third-order valence-electron chi connectivity index (χ3n) is 5.04. The number of nitriles is 1. The molecule has 0 fully saturated rings. The predicted octanol–water partition coefficient (Wildman–Crippen LogP) is 2.97. The molecule has 10 heteroatoms. The molecule has 0 saturated carbocycles. The summed E-state index contributed by atoms with van der Waals surface area (Å²) >= 11 is 1.42. The van der Waals surface area contributed by atoms with E-state index in [1.54, 1.807) is 13.0 Å². The molecule has 1 amide bonds. The van der Waals surface area contributed by atoms with E-state index in [1.165, 1.54) is 16.0 Å². The van der Waals surface area contributed by atoms with Crippen molar-refractivity contribution in [3.8, 4) is 6.07 Å². The van der Waals surface area contributed by atoms with Gasteiger partial charge in [-0.05, 0) is 60.2 Å². The molecular formula is C22H20N6O3S. The zero-order valence-corrected chi connectivity index (χ0v) is 18.2.